The minimum atomic E-state index is -0.401. The minimum Gasteiger partial charge on any atom is -0.467 e. The Hall–Kier alpha value is -2.76. The summed E-state index contributed by atoms with van der Waals surface area (Å²) in [5.74, 6) is 0.807. The Kier molecular flexibility index (Phi) is 4.84. The monoisotopic (exact) mass is 327 g/mol. The van der Waals surface area contributed by atoms with Crippen LogP contribution in [0.2, 0.25) is 0 Å². The topological polar surface area (TPSA) is 83.4 Å². The summed E-state index contributed by atoms with van der Waals surface area (Å²) in [5, 5.41) is 8.20. The molecule has 0 saturated heterocycles. The lowest BCUT2D eigenvalue weighted by Crippen LogP contribution is -2.43. The van der Waals surface area contributed by atoms with E-state index in [1.165, 1.54) is 11.1 Å². The molecule has 3 amide bonds. The first-order chi connectivity index (χ1) is 11.6. The Labute approximate surface area is 140 Å². The maximum absolute atomic E-state index is 12.1. The average molecular weight is 327 g/mol. The van der Waals surface area contributed by atoms with Gasteiger partial charge in [0.1, 0.15) is 5.76 Å². The second kappa shape index (κ2) is 7.21. The molecule has 0 aliphatic heterocycles. The fraction of sp³-hybridized carbons (Fsp3) is 0.333. The number of fused-ring (bicyclic) bond motifs is 1. The molecule has 1 aliphatic carbocycles. The number of carbonyl (C=O) groups is 2. The molecule has 3 rings (SSSR count). The molecule has 0 radical (unpaired) electrons. The zero-order chi connectivity index (χ0) is 16.9. The van der Waals surface area contributed by atoms with Crippen LogP contribution in [-0.4, -0.2) is 18.5 Å². The number of rotatable bonds is 5. The number of nitrogens with one attached hydrogen (secondary N) is 3. The summed E-state index contributed by atoms with van der Waals surface area (Å²) in [5.41, 5.74) is 2.44. The van der Waals surface area contributed by atoms with Gasteiger partial charge in [0, 0.05) is 0 Å². The van der Waals surface area contributed by atoms with E-state index in [9.17, 15) is 9.59 Å². The number of carbonyl (C=O) groups excluding carboxylic acids is 2. The van der Waals surface area contributed by atoms with E-state index in [0.717, 1.165) is 6.42 Å². The summed E-state index contributed by atoms with van der Waals surface area (Å²) in [6.07, 6.45) is 2.50. The van der Waals surface area contributed by atoms with E-state index in [0.29, 0.717) is 11.7 Å². The SMILES string of the molecule is CC1Cc2ccccc2C1NC(=O)CNC(=O)NCc1ccco1. The zero-order valence-corrected chi connectivity index (χ0v) is 13.5. The highest BCUT2D eigenvalue weighted by molar-refractivity contribution is 5.84. The van der Waals surface area contributed by atoms with Crippen molar-refractivity contribution in [2.24, 2.45) is 5.92 Å². The molecule has 24 heavy (non-hydrogen) atoms. The maximum Gasteiger partial charge on any atom is 0.315 e. The highest BCUT2D eigenvalue weighted by atomic mass is 16.3. The third-order valence-corrected chi connectivity index (χ3v) is 4.23. The Morgan fingerprint density at radius 3 is 2.79 bits per heavy atom. The van der Waals surface area contributed by atoms with Crippen LogP contribution in [0.25, 0.3) is 0 Å². The Morgan fingerprint density at radius 1 is 1.17 bits per heavy atom. The van der Waals surface area contributed by atoms with Gasteiger partial charge in [0.25, 0.3) is 0 Å². The van der Waals surface area contributed by atoms with Gasteiger partial charge in [-0.3, -0.25) is 4.79 Å². The first-order valence-corrected chi connectivity index (χ1v) is 8.04. The molecule has 1 aromatic carbocycles. The molecular weight excluding hydrogens is 306 g/mol. The summed E-state index contributed by atoms with van der Waals surface area (Å²) in [6.45, 7) is 2.34. The van der Waals surface area contributed by atoms with Crippen molar-refractivity contribution in [3.05, 3.63) is 59.5 Å². The van der Waals surface area contributed by atoms with E-state index in [1.54, 1.807) is 18.4 Å². The molecule has 2 unspecified atom stereocenters. The van der Waals surface area contributed by atoms with Crippen LogP contribution in [0.1, 0.15) is 29.9 Å². The molecule has 1 aliphatic rings. The molecule has 1 aromatic heterocycles. The molecule has 6 heteroatoms. The van der Waals surface area contributed by atoms with Crippen LogP contribution in [0.3, 0.4) is 0 Å². The number of hydrogen-bond acceptors (Lipinski definition) is 3. The molecule has 3 N–H and O–H groups in total. The second-order valence-electron chi connectivity index (χ2n) is 6.04. The standard InChI is InChI=1S/C18H21N3O3/c1-12-9-13-5-2-3-7-15(13)17(12)21-16(22)11-20-18(23)19-10-14-6-4-8-24-14/h2-8,12,17H,9-11H2,1H3,(H,21,22)(H2,19,20,23). The highest BCUT2D eigenvalue weighted by Crippen LogP contribution is 2.35. The van der Waals surface area contributed by atoms with Crippen molar-refractivity contribution in [1.82, 2.24) is 16.0 Å². The van der Waals surface area contributed by atoms with Gasteiger partial charge in [-0.25, -0.2) is 4.79 Å². The predicted molar refractivity (Wildman–Crippen MR) is 89.1 cm³/mol. The number of urea groups is 1. The van der Waals surface area contributed by atoms with E-state index in [2.05, 4.69) is 28.9 Å². The van der Waals surface area contributed by atoms with Gasteiger partial charge in [-0.05, 0) is 35.6 Å². The summed E-state index contributed by atoms with van der Waals surface area (Å²) in [4.78, 5) is 23.8. The first kappa shape index (κ1) is 16.1. The third kappa shape index (κ3) is 3.76. The number of furan rings is 1. The Bertz CT molecular complexity index is 712. The molecule has 2 aromatic rings. The van der Waals surface area contributed by atoms with E-state index < -0.39 is 6.03 Å². The van der Waals surface area contributed by atoms with Gasteiger partial charge < -0.3 is 20.4 Å². The van der Waals surface area contributed by atoms with Crippen LogP contribution >= 0.6 is 0 Å². The van der Waals surface area contributed by atoms with E-state index in [4.69, 9.17) is 4.42 Å². The van der Waals surface area contributed by atoms with Crippen LogP contribution in [0.5, 0.6) is 0 Å². The van der Waals surface area contributed by atoms with E-state index in [-0.39, 0.29) is 25.0 Å². The highest BCUT2D eigenvalue weighted by Gasteiger charge is 2.29. The molecule has 0 spiro atoms. The molecule has 1 heterocycles. The van der Waals surface area contributed by atoms with Crippen molar-refractivity contribution in [2.45, 2.75) is 25.9 Å². The smallest absolute Gasteiger partial charge is 0.315 e. The van der Waals surface area contributed by atoms with Gasteiger partial charge >= 0.3 is 6.03 Å². The summed E-state index contributed by atoms with van der Waals surface area (Å²) < 4.78 is 5.12. The second-order valence-corrected chi connectivity index (χ2v) is 6.04. The van der Waals surface area contributed by atoms with Crippen molar-refractivity contribution in [2.75, 3.05) is 6.54 Å². The summed E-state index contributed by atoms with van der Waals surface area (Å²) in [6, 6.07) is 11.3. The largest absolute Gasteiger partial charge is 0.467 e. The van der Waals surface area contributed by atoms with E-state index >= 15 is 0 Å². The van der Waals surface area contributed by atoms with Crippen molar-refractivity contribution < 1.29 is 14.0 Å². The number of amides is 3. The van der Waals surface area contributed by atoms with Gasteiger partial charge in [0.15, 0.2) is 0 Å². The van der Waals surface area contributed by atoms with Crippen molar-refractivity contribution in [1.29, 1.82) is 0 Å². The third-order valence-electron chi connectivity index (χ3n) is 4.23. The van der Waals surface area contributed by atoms with Crippen molar-refractivity contribution >= 4 is 11.9 Å². The van der Waals surface area contributed by atoms with Gasteiger partial charge in [-0.15, -0.1) is 0 Å². The van der Waals surface area contributed by atoms with E-state index in [1.807, 2.05) is 18.2 Å². The van der Waals surface area contributed by atoms with Crippen molar-refractivity contribution in [3.8, 4) is 0 Å². The summed E-state index contributed by atoms with van der Waals surface area (Å²) in [7, 11) is 0. The lowest BCUT2D eigenvalue weighted by molar-refractivity contribution is -0.121. The quantitative estimate of drug-likeness (QED) is 0.786. The molecule has 0 bridgehead atoms. The predicted octanol–water partition coefficient (Wildman–Crippen LogP) is 2.13. The minimum absolute atomic E-state index is 0.00156. The molecular formula is C18H21N3O3. The van der Waals surface area contributed by atoms with Crippen LogP contribution in [0.4, 0.5) is 4.79 Å². The fourth-order valence-electron chi connectivity index (χ4n) is 3.04. The van der Waals surface area contributed by atoms with Crippen molar-refractivity contribution in [3.63, 3.8) is 0 Å². The normalized spacial score (nSPS) is 18.7. The molecule has 0 fully saturated rings. The van der Waals surface area contributed by atoms with Crippen LogP contribution in [0.15, 0.2) is 47.1 Å². The summed E-state index contributed by atoms with van der Waals surface area (Å²) >= 11 is 0. The van der Waals surface area contributed by atoms with Crippen LogP contribution < -0.4 is 16.0 Å². The molecule has 2 atom stereocenters. The van der Waals surface area contributed by atoms with Gasteiger partial charge in [0.05, 0.1) is 25.4 Å². The Morgan fingerprint density at radius 2 is 2.00 bits per heavy atom. The lowest BCUT2D eigenvalue weighted by Gasteiger charge is -2.19. The maximum atomic E-state index is 12.1. The first-order valence-electron chi connectivity index (χ1n) is 8.04. The van der Waals surface area contributed by atoms with Gasteiger partial charge in [-0.2, -0.15) is 0 Å². The molecule has 6 nitrogen and oxygen atoms in total. The average Bonchev–Trinajstić information content (AvgIpc) is 3.20. The Balaban J connectivity index is 1.45. The lowest BCUT2D eigenvalue weighted by atomic mass is 10.0. The molecule has 126 valence electrons. The molecule has 0 saturated carbocycles. The van der Waals surface area contributed by atoms with Crippen LogP contribution in [0, 0.1) is 5.92 Å². The fourth-order valence-corrected chi connectivity index (χ4v) is 3.04. The zero-order valence-electron chi connectivity index (χ0n) is 13.5. The number of hydrogen-bond donors (Lipinski definition) is 3. The van der Waals surface area contributed by atoms with Crippen LogP contribution in [-0.2, 0) is 17.8 Å². The number of benzene rings is 1. The van der Waals surface area contributed by atoms with Gasteiger partial charge in [0.2, 0.25) is 5.91 Å². The van der Waals surface area contributed by atoms with Gasteiger partial charge in [-0.1, -0.05) is 31.2 Å².